The van der Waals surface area contributed by atoms with E-state index < -0.39 is 0 Å². The molecule has 19 heavy (non-hydrogen) atoms. The number of carbonyl (C=O) groups excluding carboxylic acids is 1. The molecule has 0 unspecified atom stereocenters. The molecule has 2 rings (SSSR count). The van der Waals surface area contributed by atoms with Gasteiger partial charge in [0.15, 0.2) is 0 Å². The summed E-state index contributed by atoms with van der Waals surface area (Å²) in [5.41, 5.74) is 2.16. The van der Waals surface area contributed by atoms with Gasteiger partial charge >= 0.3 is 0 Å². The van der Waals surface area contributed by atoms with Crippen molar-refractivity contribution < 1.29 is 4.79 Å². The molecule has 0 aliphatic carbocycles. The third kappa shape index (κ3) is 2.25. The molecule has 0 N–H and O–H groups in total. The van der Waals surface area contributed by atoms with Crippen molar-refractivity contribution in [3.05, 3.63) is 23.4 Å². The molecule has 0 aromatic carbocycles. The average molecular weight is 262 g/mol. The minimum Gasteiger partial charge on any atom is -0.318 e. The maximum atomic E-state index is 12.7. The van der Waals surface area contributed by atoms with E-state index in [2.05, 4.69) is 37.8 Å². The molecule has 3 nitrogen and oxygen atoms in total. The van der Waals surface area contributed by atoms with Crippen molar-refractivity contribution in [3.63, 3.8) is 0 Å². The van der Waals surface area contributed by atoms with Crippen molar-refractivity contribution in [1.29, 1.82) is 0 Å². The van der Waals surface area contributed by atoms with Crippen LogP contribution in [0.5, 0.6) is 0 Å². The number of nitrogens with zero attached hydrogens (tertiary/aromatic N) is 2. The molecule has 3 heteroatoms. The number of rotatable bonds is 3. The lowest BCUT2D eigenvalue weighted by Gasteiger charge is -2.38. The predicted octanol–water partition coefficient (Wildman–Crippen LogP) is 2.80. The lowest BCUT2D eigenvalue weighted by Crippen LogP contribution is -2.45. The molecule has 1 spiro atoms. The highest BCUT2D eigenvalue weighted by Crippen LogP contribution is 2.47. The van der Waals surface area contributed by atoms with Crippen LogP contribution in [-0.2, 0) is 4.79 Å². The SMILES string of the molecule is CC/C=C\C1=C(C)N(C)C(=O)C12CCN(CC)CC2. The second kappa shape index (κ2) is 5.49. The normalized spacial score (nSPS) is 24.2. The third-order valence-electron chi connectivity index (χ3n) is 4.80. The lowest BCUT2D eigenvalue weighted by molar-refractivity contribution is -0.136. The van der Waals surface area contributed by atoms with Gasteiger partial charge in [0, 0.05) is 12.7 Å². The fourth-order valence-electron chi connectivity index (χ4n) is 3.37. The van der Waals surface area contributed by atoms with Crippen molar-refractivity contribution in [2.45, 2.75) is 40.0 Å². The van der Waals surface area contributed by atoms with E-state index in [0.717, 1.165) is 44.6 Å². The molecule has 0 aromatic rings. The summed E-state index contributed by atoms with van der Waals surface area (Å²) in [5, 5.41) is 0. The topological polar surface area (TPSA) is 23.6 Å². The van der Waals surface area contributed by atoms with E-state index in [1.165, 1.54) is 5.57 Å². The number of carbonyl (C=O) groups is 1. The van der Waals surface area contributed by atoms with Gasteiger partial charge in [-0.2, -0.15) is 0 Å². The highest BCUT2D eigenvalue weighted by molar-refractivity contribution is 5.92. The summed E-state index contributed by atoms with van der Waals surface area (Å²) in [6.45, 7) is 9.57. The van der Waals surface area contributed by atoms with Crippen molar-refractivity contribution in [3.8, 4) is 0 Å². The number of hydrogen-bond acceptors (Lipinski definition) is 2. The molecule has 106 valence electrons. The quantitative estimate of drug-likeness (QED) is 0.781. The van der Waals surface area contributed by atoms with Crippen molar-refractivity contribution >= 4 is 5.91 Å². The summed E-state index contributed by atoms with van der Waals surface area (Å²) in [6, 6.07) is 0. The number of hydrogen-bond donors (Lipinski definition) is 0. The Morgan fingerprint density at radius 1 is 1.26 bits per heavy atom. The van der Waals surface area contributed by atoms with Crippen LogP contribution < -0.4 is 0 Å². The number of amides is 1. The van der Waals surface area contributed by atoms with Crippen LogP contribution >= 0.6 is 0 Å². The Hall–Kier alpha value is -1.09. The van der Waals surface area contributed by atoms with E-state index >= 15 is 0 Å². The molecule has 0 aromatic heterocycles. The molecule has 2 aliphatic heterocycles. The van der Waals surface area contributed by atoms with E-state index in [4.69, 9.17) is 0 Å². The van der Waals surface area contributed by atoms with Gasteiger partial charge in [-0.25, -0.2) is 0 Å². The van der Waals surface area contributed by atoms with Crippen LogP contribution in [0.2, 0.25) is 0 Å². The van der Waals surface area contributed by atoms with Gasteiger partial charge in [0.05, 0.1) is 5.41 Å². The monoisotopic (exact) mass is 262 g/mol. The third-order valence-corrected chi connectivity index (χ3v) is 4.80. The highest BCUT2D eigenvalue weighted by atomic mass is 16.2. The van der Waals surface area contributed by atoms with Crippen LogP contribution in [0.15, 0.2) is 23.4 Å². The molecular formula is C16H26N2O. The zero-order valence-electron chi connectivity index (χ0n) is 12.7. The predicted molar refractivity (Wildman–Crippen MR) is 78.7 cm³/mol. The van der Waals surface area contributed by atoms with E-state index in [9.17, 15) is 4.79 Å². The summed E-state index contributed by atoms with van der Waals surface area (Å²) in [6.07, 6.45) is 7.32. The maximum Gasteiger partial charge on any atom is 0.237 e. The lowest BCUT2D eigenvalue weighted by atomic mass is 9.72. The van der Waals surface area contributed by atoms with Gasteiger partial charge in [-0.05, 0) is 51.4 Å². The molecule has 2 heterocycles. The van der Waals surface area contributed by atoms with Gasteiger partial charge in [-0.15, -0.1) is 0 Å². The van der Waals surface area contributed by atoms with Gasteiger partial charge in [-0.3, -0.25) is 4.79 Å². The Labute approximate surface area is 117 Å². The van der Waals surface area contributed by atoms with Crippen molar-refractivity contribution in [1.82, 2.24) is 9.80 Å². The maximum absolute atomic E-state index is 12.7. The van der Waals surface area contributed by atoms with Crippen LogP contribution in [-0.4, -0.2) is 42.4 Å². The highest BCUT2D eigenvalue weighted by Gasteiger charge is 2.50. The Morgan fingerprint density at radius 2 is 1.89 bits per heavy atom. The van der Waals surface area contributed by atoms with E-state index in [1.807, 2.05) is 11.9 Å². The molecule has 0 atom stereocenters. The van der Waals surface area contributed by atoms with Crippen LogP contribution in [0.25, 0.3) is 0 Å². The van der Waals surface area contributed by atoms with E-state index in [1.54, 1.807) is 0 Å². The molecule has 0 saturated carbocycles. The van der Waals surface area contributed by atoms with Crippen LogP contribution in [0, 0.1) is 5.41 Å². The van der Waals surface area contributed by atoms with Gasteiger partial charge in [0.25, 0.3) is 0 Å². The Kier molecular flexibility index (Phi) is 4.14. The smallest absolute Gasteiger partial charge is 0.237 e. The zero-order chi connectivity index (χ0) is 14.0. The minimum absolute atomic E-state index is 0.240. The molecule has 0 radical (unpaired) electrons. The summed E-state index contributed by atoms with van der Waals surface area (Å²) in [4.78, 5) is 17.0. The molecular weight excluding hydrogens is 236 g/mol. The summed E-state index contributed by atoms with van der Waals surface area (Å²) in [7, 11) is 1.92. The second-order valence-electron chi connectivity index (χ2n) is 5.69. The molecule has 1 amide bonds. The first kappa shape index (κ1) is 14.3. The van der Waals surface area contributed by atoms with Crippen molar-refractivity contribution in [2.24, 2.45) is 5.41 Å². The second-order valence-corrected chi connectivity index (χ2v) is 5.69. The number of piperidine rings is 1. The van der Waals surface area contributed by atoms with Gasteiger partial charge in [0.2, 0.25) is 5.91 Å². The van der Waals surface area contributed by atoms with Gasteiger partial charge in [-0.1, -0.05) is 26.0 Å². The van der Waals surface area contributed by atoms with E-state index in [-0.39, 0.29) is 5.41 Å². The first-order chi connectivity index (χ1) is 9.06. The van der Waals surface area contributed by atoms with Crippen LogP contribution in [0.1, 0.15) is 40.0 Å². The fraction of sp³-hybridized carbons (Fsp3) is 0.688. The van der Waals surface area contributed by atoms with E-state index in [0.29, 0.717) is 5.91 Å². The zero-order valence-corrected chi connectivity index (χ0v) is 12.7. The number of likely N-dealkylation sites (tertiary alicyclic amines) is 1. The Bertz CT molecular complexity index is 414. The Morgan fingerprint density at radius 3 is 2.42 bits per heavy atom. The van der Waals surface area contributed by atoms with Crippen molar-refractivity contribution in [2.75, 3.05) is 26.7 Å². The van der Waals surface area contributed by atoms with Gasteiger partial charge in [0.1, 0.15) is 0 Å². The standard InChI is InChI=1S/C16H26N2O/c1-5-7-8-14-13(3)17(4)15(19)16(14)9-11-18(6-2)12-10-16/h7-8H,5-6,9-12H2,1-4H3/b8-7-. The number of allylic oxidation sites excluding steroid dienone is 3. The molecule has 0 bridgehead atoms. The summed E-state index contributed by atoms with van der Waals surface area (Å²) >= 11 is 0. The molecule has 2 aliphatic rings. The Balaban J connectivity index is 2.32. The first-order valence-electron chi connectivity index (χ1n) is 7.45. The van der Waals surface area contributed by atoms with Crippen LogP contribution in [0.4, 0.5) is 0 Å². The molecule has 1 saturated heterocycles. The average Bonchev–Trinajstić information content (AvgIpc) is 2.61. The summed E-state index contributed by atoms with van der Waals surface area (Å²) < 4.78 is 0. The largest absolute Gasteiger partial charge is 0.318 e. The summed E-state index contributed by atoms with van der Waals surface area (Å²) in [5.74, 6) is 0.302. The fourth-order valence-corrected chi connectivity index (χ4v) is 3.37. The molecule has 1 fully saturated rings. The first-order valence-corrected chi connectivity index (χ1v) is 7.45. The van der Waals surface area contributed by atoms with Crippen LogP contribution in [0.3, 0.4) is 0 Å². The minimum atomic E-state index is -0.240. The van der Waals surface area contributed by atoms with Gasteiger partial charge < -0.3 is 9.80 Å².